The third-order valence-corrected chi connectivity index (χ3v) is 2.54. The van der Waals surface area contributed by atoms with Gasteiger partial charge in [0.05, 0.1) is 0 Å². The van der Waals surface area contributed by atoms with Crippen LogP contribution < -0.4 is 5.32 Å². The zero-order valence-electron chi connectivity index (χ0n) is 12.4. The number of amides is 1. The topological polar surface area (TPSA) is 55.4 Å². The first kappa shape index (κ1) is 16.1. The van der Waals surface area contributed by atoms with Crippen LogP contribution in [0.25, 0.3) is 0 Å². The molecular formula is C15H20FNO3. The van der Waals surface area contributed by atoms with E-state index < -0.39 is 29.3 Å². The molecule has 20 heavy (non-hydrogen) atoms. The quantitative estimate of drug-likeness (QED) is 0.866. The fourth-order valence-electron chi connectivity index (χ4n) is 1.61. The largest absolute Gasteiger partial charge is 0.458 e. The molecule has 5 heteroatoms. The van der Waals surface area contributed by atoms with Crippen LogP contribution >= 0.6 is 0 Å². The van der Waals surface area contributed by atoms with E-state index >= 15 is 0 Å². The van der Waals surface area contributed by atoms with E-state index in [1.165, 1.54) is 18.2 Å². The maximum Gasteiger partial charge on any atom is 0.328 e. The molecule has 1 rings (SSSR count). The van der Waals surface area contributed by atoms with E-state index in [0.717, 1.165) is 0 Å². The van der Waals surface area contributed by atoms with Crippen molar-refractivity contribution in [2.24, 2.45) is 0 Å². The molecule has 1 aromatic carbocycles. The second-order valence-electron chi connectivity index (χ2n) is 5.69. The van der Waals surface area contributed by atoms with E-state index in [2.05, 4.69) is 5.32 Å². The van der Waals surface area contributed by atoms with Crippen molar-refractivity contribution in [2.75, 3.05) is 0 Å². The number of nitrogens with one attached hydrogen (secondary N) is 1. The Morgan fingerprint density at radius 2 is 1.90 bits per heavy atom. The first-order valence-electron chi connectivity index (χ1n) is 6.40. The molecular weight excluding hydrogens is 261 g/mol. The molecule has 0 aliphatic heterocycles. The van der Waals surface area contributed by atoms with E-state index in [0.29, 0.717) is 11.1 Å². The number of aryl methyl sites for hydroxylation is 1. The van der Waals surface area contributed by atoms with Gasteiger partial charge in [0.25, 0.3) is 5.91 Å². The summed E-state index contributed by atoms with van der Waals surface area (Å²) in [5.41, 5.74) is 0.239. The molecule has 0 aliphatic rings. The zero-order valence-corrected chi connectivity index (χ0v) is 12.4. The highest BCUT2D eigenvalue weighted by atomic mass is 19.1. The highest BCUT2D eigenvalue weighted by molar-refractivity contribution is 5.97. The molecule has 0 saturated heterocycles. The summed E-state index contributed by atoms with van der Waals surface area (Å²) >= 11 is 0. The van der Waals surface area contributed by atoms with Gasteiger partial charge in [-0.25, -0.2) is 9.18 Å². The van der Waals surface area contributed by atoms with Gasteiger partial charge in [-0.3, -0.25) is 4.79 Å². The molecule has 1 amide bonds. The number of rotatable bonds is 3. The molecule has 1 atom stereocenters. The van der Waals surface area contributed by atoms with Gasteiger partial charge in [0, 0.05) is 5.56 Å². The van der Waals surface area contributed by atoms with Crippen molar-refractivity contribution in [3.8, 4) is 0 Å². The minimum absolute atomic E-state index is 0.335. The monoisotopic (exact) mass is 281 g/mol. The Bertz CT molecular complexity index is 520. The Labute approximate surface area is 118 Å². The van der Waals surface area contributed by atoms with Crippen LogP contribution in [0.15, 0.2) is 18.2 Å². The summed E-state index contributed by atoms with van der Waals surface area (Å²) in [7, 11) is 0. The molecule has 0 radical (unpaired) electrons. The van der Waals surface area contributed by atoms with E-state index in [9.17, 15) is 14.0 Å². The molecule has 1 N–H and O–H groups in total. The lowest BCUT2D eigenvalue weighted by molar-refractivity contribution is -0.156. The van der Waals surface area contributed by atoms with Crippen molar-refractivity contribution in [3.05, 3.63) is 35.1 Å². The summed E-state index contributed by atoms with van der Waals surface area (Å²) in [4.78, 5) is 23.8. The summed E-state index contributed by atoms with van der Waals surface area (Å²) in [6.07, 6.45) is 0. The van der Waals surface area contributed by atoms with Gasteiger partial charge in [-0.15, -0.1) is 0 Å². The molecule has 1 aromatic rings. The lowest BCUT2D eigenvalue weighted by atomic mass is 10.1. The minimum Gasteiger partial charge on any atom is -0.458 e. The molecule has 0 fully saturated rings. The van der Waals surface area contributed by atoms with Crippen LogP contribution in [0.4, 0.5) is 4.39 Å². The van der Waals surface area contributed by atoms with E-state index in [-0.39, 0.29) is 0 Å². The average Bonchev–Trinajstić information content (AvgIpc) is 2.26. The predicted molar refractivity (Wildman–Crippen MR) is 73.9 cm³/mol. The SMILES string of the molecule is Cc1cc(F)ccc1C(=O)N[C@@H](C)C(=O)OC(C)(C)C. The average molecular weight is 281 g/mol. The number of ether oxygens (including phenoxy) is 1. The summed E-state index contributed by atoms with van der Waals surface area (Å²) in [5.74, 6) is -1.34. The fourth-order valence-corrected chi connectivity index (χ4v) is 1.61. The summed E-state index contributed by atoms with van der Waals surface area (Å²) in [6.45, 7) is 8.44. The van der Waals surface area contributed by atoms with Crippen LogP contribution in [0.1, 0.15) is 43.6 Å². The van der Waals surface area contributed by atoms with Gasteiger partial charge >= 0.3 is 5.97 Å². The van der Waals surface area contributed by atoms with E-state index in [1.54, 1.807) is 34.6 Å². The van der Waals surface area contributed by atoms with Crippen LogP contribution in [-0.4, -0.2) is 23.5 Å². The summed E-state index contributed by atoms with van der Waals surface area (Å²) in [6, 6.07) is 3.10. The van der Waals surface area contributed by atoms with E-state index in [1.807, 2.05) is 0 Å². The number of carbonyl (C=O) groups is 2. The minimum atomic E-state index is -0.772. The standard InChI is InChI=1S/C15H20FNO3/c1-9-8-11(16)6-7-12(9)13(18)17-10(2)14(19)20-15(3,4)5/h6-8,10H,1-5H3,(H,17,18)/t10-/m0/s1. The lowest BCUT2D eigenvalue weighted by Crippen LogP contribution is -2.42. The van der Waals surface area contributed by atoms with Crippen molar-refractivity contribution < 1.29 is 18.7 Å². The normalized spacial score (nSPS) is 12.7. The molecule has 0 bridgehead atoms. The van der Waals surface area contributed by atoms with Gasteiger partial charge < -0.3 is 10.1 Å². The molecule has 0 aliphatic carbocycles. The van der Waals surface area contributed by atoms with Crippen molar-refractivity contribution >= 4 is 11.9 Å². The van der Waals surface area contributed by atoms with Crippen molar-refractivity contribution in [2.45, 2.75) is 46.3 Å². The van der Waals surface area contributed by atoms with Gasteiger partial charge in [-0.1, -0.05) is 0 Å². The number of halogens is 1. The van der Waals surface area contributed by atoms with Crippen LogP contribution in [0.3, 0.4) is 0 Å². The van der Waals surface area contributed by atoms with Gasteiger partial charge in [0.2, 0.25) is 0 Å². The molecule has 110 valence electrons. The van der Waals surface area contributed by atoms with Crippen LogP contribution in [0, 0.1) is 12.7 Å². The van der Waals surface area contributed by atoms with Gasteiger partial charge in [-0.2, -0.15) is 0 Å². The van der Waals surface area contributed by atoms with Crippen LogP contribution in [0.2, 0.25) is 0 Å². The second kappa shape index (κ2) is 6.03. The zero-order chi connectivity index (χ0) is 15.5. The molecule has 0 saturated carbocycles. The summed E-state index contributed by atoms with van der Waals surface area (Å²) < 4.78 is 18.2. The maximum absolute atomic E-state index is 13.0. The Morgan fingerprint density at radius 1 is 1.30 bits per heavy atom. The third-order valence-electron chi connectivity index (χ3n) is 2.54. The Hall–Kier alpha value is -1.91. The van der Waals surface area contributed by atoms with Gasteiger partial charge in [0.1, 0.15) is 17.5 Å². The third kappa shape index (κ3) is 4.64. The van der Waals surface area contributed by atoms with Gasteiger partial charge in [0.15, 0.2) is 0 Å². The Kier molecular flexibility index (Phi) is 4.87. The first-order chi connectivity index (χ1) is 9.10. The fraction of sp³-hybridized carbons (Fsp3) is 0.467. The number of benzene rings is 1. The first-order valence-corrected chi connectivity index (χ1v) is 6.40. The molecule has 4 nitrogen and oxygen atoms in total. The second-order valence-corrected chi connectivity index (χ2v) is 5.69. The highest BCUT2D eigenvalue weighted by Crippen LogP contribution is 2.11. The number of carbonyl (C=O) groups excluding carboxylic acids is 2. The molecule has 0 aromatic heterocycles. The number of hydrogen-bond acceptors (Lipinski definition) is 3. The Balaban J connectivity index is 2.73. The molecule has 0 unspecified atom stereocenters. The van der Waals surface area contributed by atoms with Crippen molar-refractivity contribution in [3.63, 3.8) is 0 Å². The van der Waals surface area contributed by atoms with Crippen molar-refractivity contribution in [1.82, 2.24) is 5.32 Å². The van der Waals surface area contributed by atoms with Gasteiger partial charge in [-0.05, 0) is 58.4 Å². The Morgan fingerprint density at radius 3 is 2.40 bits per heavy atom. The molecule has 0 heterocycles. The predicted octanol–water partition coefficient (Wildman–Crippen LogP) is 2.59. The van der Waals surface area contributed by atoms with Crippen LogP contribution in [0.5, 0.6) is 0 Å². The van der Waals surface area contributed by atoms with Crippen molar-refractivity contribution in [1.29, 1.82) is 0 Å². The number of esters is 1. The van der Waals surface area contributed by atoms with Crippen LogP contribution in [-0.2, 0) is 9.53 Å². The smallest absolute Gasteiger partial charge is 0.328 e. The lowest BCUT2D eigenvalue weighted by Gasteiger charge is -2.22. The number of hydrogen-bond donors (Lipinski definition) is 1. The molecule has 0 spiro atoms. The summed E-state index contributed by atoms with van der Waals surface area (Å²) in [5, 5.41) is 2.54. The van der Waals surface area contributed by atoms with E-state index in [4.69, 9.17) is 4.74 Å². The maximum atomic E-state index is 13.0. The highest BCUT2D eigenvalue weighted by Gasteiger charge is 2.23.